The number of carbonyl (C=O) groups excluding carboxylic acids is 1. The van der Waals surface area contributed by atoms with E-state index in [-0.39, 0.29) is 5.91 Å². The average molecular weight is 383 g/mol. The van der Waals surface area contributed by atoms with Crippen LogP contribution in [0, 0.1) is 3.57 Å². The predicted octanol–water partition coefficient (Wildman–Crippen LogP) is 3.56. The van der Waals surface area contributed by atoms with Crippen molar-refractivity contribution in [2.45, 2.75) is 0 Å². The van der Waals surface area contributed by atoms with Gasteiger partial charge in [0.1, 0.15) is 11.5 Å². The summed E-state index contributed by atoms with van der Waals surface area (Å²) < 4.78 is 11.4. The van der Waals surface area contributed by atoms with E-state index in [0.29, 0.717) is 17.1 Å². The summed E-state index contributed by atoms with van der Waals surface area (Å²) in [6.07, 6.45) is 0. The monoisotopic (exact) mass is 383 g/mol. The largest absolute Gasteiger partial charge is 0.497 e. The Morgan fingerprint density at radius 1 is 1.10 bits per heavy atom. The summed E-state index contributed by atoms with van der Waals surface area (Å²) >= 11 is 2.20. The minimum atomic E-state index is -0.216. The summed E-state index contributed by atoms with van der Waals surface area (Å²) in [7, 11) is 3.09. The SMILES string of the molecule is COc1ccc(C(=O)Nc2cccc(I)c2)c(OC)c1. The molecule has 1 amide bonds. The second kappa shape index (κ2) is 6.60. The number of hydrogen-bond donors (Lipinski definition) is 1. The lowest BCUT2D eigenvalue weighted by Crippen LogP contribution is -2.13. The third-order valence-electron chi connectivity index (χ3n) is 2.74. The van der Waals surface area contributed by atoms with Crippen LogP contribution in [0.4, 0.5) is 5.69 Å². The fourth-order valence-corrected chi connectivity index (χ4v) is 2.29. The molecular weight excluding hydrogens is 369 g/mol. The highest BCUT2D eigenvalue weighted by Crippen LogP contribution is 2.25. The van der Waals surface area contributed by atoms with E-state index in [1.165, 1.54) is 7.11 Å². The Morgan fingerprint density at radius 3 is 2.55 bits per heavy atom. The molecule has 0 unspecified atom stereocenters. The van der Waals surface area contributed by atoms with Gasteiger partial charge in [0.25, 0.3) is 5.91 Å². The number of hydrogen-bond acceptors (Lipinski definition) is 3. The average Bonchev–Trinajstić information content (AvgIpc) is 2.46. The van der Waals surface area contributed by atoms with Gasteiger partial charge in [-0.15, -0.1) is 0 Å². The first-order valence-corrected chi connectivity index (χ1v) is 7.01. The number of anilines is 1. The van der Waals surface area contributed by atoms with E-state index in [4.69, 9.17) is 9.47 Å². The van der Waals surface area contributed by atoms with Crippen LogP contribution in [0.3, 0.4) is 0 Å². The van der Waals surface area contributed by atoms with Crippen molar-refractivity contribution in [2.24, 2.45) is 0 Å². The topological polar surface area (TPSA) is 47.6 Å². The molecule has 0 atom stereocenters. The highest BCUT2D eigenvalue weighted by atomic mass is 127. The van der Waals surface area contributed by atoms with E-state index in [2.05, 4.69) is 27.9 Å². The number of methoxy groups -OCH3 is 2. The van der Waals surface area contributed by atoms with Gasteiger partial charge in [-0.25, -0.2) is 0 Å². The lowest BCUT2D eigenvalue weighted by atomic mass is 10.1. The summed E-state index contributed by atoms with van der Waals surface area (Å²) in [5.74, 6) is 0.909. The van der Waals surface area contributed by atoms with Gasteiger partial charge in [-0.3, -0.25) is 4.79 Å². The molecule has 0 saturated carbocycles. The Balaban J connectivity index is 2.25. The minimum absolute atomic E-state index is 0.216. The third-order valence-corrected chi connectivity index (χ3v) is 3.41. The molecule has 0 radical (unpaired) electrons. The van der Waals surface area contributed by atoms with Crippen molar-refractivity contribution >= 4 is 34.2 Å². The van der Waals surface area contributed by atoms with Crippen molar-refractivity contribution in [3.8, 4) is 11.5 Å². The van der Waals surface area contributed by atoms with E-state index in [0.717, 1.165) is 9.26 Å². The molecule has 0 saturated heterocycles. The van der Waals surface area contributed by atoms with Gasteiger partial charge in [0.05, 0.1) is 19.8 Å². The number of nitrogens with one attached hydrogen (secondary N) is 1. The van der Waals surface area contributed by atoms with Crippen LogP contribution in [0.1, 0.15) is 10.4 Å². The zero-order valence-electron chi connectivity index (χ0n) is 11.1. The van der Waals surface area contributed by atoms with Crippen molar-refractivity contribution in [2.75, 3.05) is 19.5 Å². The molecule has 0 spiro atoms. The number of carbonyl (C=O) groups is 1. The van der Waals surface area contributed by atoms with Crippen LogP contribution < -0.4 is 14.8 Å². The maximum Gasteiger partial charge on any atom is 0.259 e. The summed E-state index contributed by atoms with van der Waals surface area (Å²) in [6.45, 7) is 0. The van der Waals surface area contributed by atoms with E-state index in [9.17, 15) is 4.79 Å². The van der Waals surface area contributed by atoms with Gasteiger partial charge in [-0.05, 0) is 52.9 Å². The van der Waals surface area contributed by atoms with Crippen molar-refractivity contribution in [3.05, 3.63) is 51.6 Å². The third kappa shape index (κ3) is 3.41. The number of halogens is 1. The standard InChI is InChI=1S/C15H14INO3/c1-19-12-6-7-13(14(9-12)20-2)15(18)17-11-5-3-4-10(16)8-11/h3-9H,1-2H3,(H,17,18). The first-order chi connectivity index (χ1) is 9.63. The Bertz CT molecular complexity index is 628. The lowest BCUT2D eigenvalue weighted by Gasteiger charge is -2.11. The Morgan fingerprint density at radius 2 is 1.90 bits per heavy atom. The molecule has 1 N–H and O–H groups in total. The molecule has 0 heterocycles. The van der Waals surface area contributed by atoms with Crippen LogP contribution in [0.5, 0.6) is 11.5 Å². The number of ether oxygens (including phenoxy) is 2. The summed E-state index contributed by atoms with van der Waals surface area (Å²) in [5, 5.41) is 2.85. The molecule has 5 heteroatoms. The fraction of sp³-hybridized carbons (Fsp3) is 0.133. The summed E-state index contributed by atoms with van der Waals surface area (Å²) in [5.41, 5.74) is 1.21. The molecule has 0 aromatic heterocycles. The molecule has 0 bridgehead atoms. The molecule has 0 aliphatic rings. The molecular formula is C15H14INO3. The van der Waals surface area contributed by atoms with Crippen LogP contribution in [-0.2, 0) is 0 Å². The Kier molecular flexibility index (Phi) is 4.84. The quantitative estimate of drug-likeness (QED) is 0.822. The van der Waals surface area contributed by atoms with Gasteiger partial charge in [0.15, 0.2) is 0 Å². The van der Waals surface area contributed by atoms with Crippen LogP contribution in [0.15, 0.2) is 42.5 Å². The van der Waals surface area contributed by atoms with Crippen molar-refractivity contribution < 1.29 is 14.3 Å². The van der Waals surface area contributed by atoms with Gasteiger partial charge >= 0.3 is 0 Å². The molecule has 2 rings (SSSR count). The van der Waals surface area contributed by atoms with E-state index in [1.807, 2.05) is 24.3 Å². The normalized spacial score (nSPS) is 9.95. The van der Waals surface area contributed by atoms with E-state index < -0.39 is 0 Å². The van der Waals surface area contributed by atoms with Gasteiger partial charge in [0, 0.05) is 15.3 Å². The maximum atomic E-state index is 12.3. The van der Waals surface area contributed by atoms with Crippen LogP contribution in [-0.4, -0.2) is 20.1 Å². The summed E-state index contributed by atoms with van der Waals surface area (Å²) in [6, 6.07) is 12.7. The van der Waals surface area contributed by atoms with E-state index in [1.54, 1.807) is 25.3 Å². The highest BCUT2D eigenvalue weighted by molar-refractivity contribution is 14.1. The number of amides is 1. The zero-order valence-corrected chi connectivity index (χ0v) is 13.3. The van der Waals surface area contributed by atoms with Crippen LogP contribution in [0.25, 0.3) is 0 Å². The first kappa shape index (κ1) is 14.6. The van der Waals surface area contributed by atoms with E-state index >= 15 is 0 Å². The van der Waals surface area contributed by atoms with Gasteiger partial charge in [-0.2, -0.15) is 0 Å². The molecule has 2 aromatic rings. The van der Waals surface area contributed by atoms with Crippen LogP contribution >= 0.6 is 22.6 Å². The first-order valence-electron chi connectivity index (χ1n) is 5.93. The summed E-state index contributed by atoms with van der Waals surface area (Å²) in [4.78, 5) is 12.3. The van der Waals surface area contributed by atoms with Crippen molar-refractivity contribution in [1.82, 2.24) is 0 Å². The molecule has 4 nitrogen and oxygen atoms in total. The lowest BCUT2D eigenvalue weighted by molar-refractivity contribution is 0.102. The molecule has 104 valence electrons. The Hall–Kier alpha value is -1.76. The van der Waals surface area contributed by atoms with Gasteiger partial charge in [0.2, 0.25) is 0 Å². The number of rotatable bonds is 4. The molecule has 2 aromatic carbocycles. The van der Waals surface area contributed by atoms with Crippen molar-refractivity contribution in [1.29, 1.82) is 0 Å². The van der Waals surface area contributed by atoms with Gasteiger partial charge < -0.3 is 14.8 Å². The predicted molar refractivity (Wildman–Crippen MR) is 86.7 cm³/mol. The smallest absolute Gasteiger partial charge is 0.259 e. The minimum Gasteiger partial charge on any atom is -0.497 e. The molecule has 0 fully saturated rings. The highest BCUT2D eigenvalue weighted by Gasteiger charge is 2.13. The second-order valence-corrected chi connectivity index (χ2v) is 5.28. The van der Waals surface area contributed by atoms with Crippen LogP contribution in [0.2, 0.25) is 0 Å². The fourth-order valence-electron chi connectivity index (χ4n) is 1.75. The molecule has 0 aliphatic heterocycles. The molecule has 20 heavy (non-hydrogen) atoms. The van der Waals surface area contributed by atoms with Crippen molar-refractivity contribution in [3.63, 3.8) is 0 Å². The zero-order chi connectivity index (χ0) is 14.5. The number of benzene rings is 2. The maximum absolute atomic E-state index is 12.3. The van der Waals surface area contributed by atoms with Gasteiger partial charge in [-0.1, -0.05) is 6.07 Å². The molecule has 0 aliphatic carbocycles. The second-order valence-electron chi connectivity index (χ2n) is 4.03. The Labute approximate surface area is 131 Å².